The van der Waals surface area contributed by atoms with Crippen molar-refractivity contribution in [2.24, 2.45) is 5.92 Å². The van der Waals surface area contributed by atoms with E-state index in [0.29, 0.717) is 0 Å². The molecule has 0 atom stereocenters. The van der Waals surface area contributed by atoms with Crippen LogP contribution in [0.3, 0.4) is 0 Å². The molecular formula is C16H24N4S. The Kier molecular flexibility index (Phi) is 4.58. The number of nitrogens with one attached hydrogen (secondary N) is 2. The van der Waals surface area contributed by atoms with Crippen LogP contribution in [0.1, 0.15) is 44.4 Å². The van der Waals surface area contributed by atoms with Crippen molar-refractivity contribution in [2.45, 2.75) is 46.0 Å². The molecule has 2 aromatic heterocycles. The lowest BCUT2D eigenvalue weighted by atomic mass is 9.83. The topological polar surface area (TPSA) is 49.8 Å². The standard InChI is InChI=1S/C16H24N4S/c1-3-12-10-13-14(18-9-8-11-6-5-7-11)19-16(17-4-2)20-15(13)21-12/h10-11H,3-9H2,1-2H3,(H2,17,18,19,20). The molecule has 0 radical (unpaired) electrons. The van der Waals surface area contributed by atoms with Gasteiger partial charge in [-0.15, -0.1) is 11.3 Å². The van der Waals surface area contributed by atoms with Gasteiger partial charge in [-0.3, -0.25) is 0 Å². The third-order valence-corrected chi connectivity index (χ3v) is 5.37. The molecule has 3 rings (SSSR count). The van der Waals surface area contributed by atoms with Gasteiger partial charge in [0, 0.05) is 18.0 Å². The Morgan fingerprint density at radius 3 is 2.76 bits per heavy atom. The zero-order valence-corrected chi connectivity index (χ0v) is 13.7. The van der Waals surface area contributed by atoms with Crippen molar-refractivity contribution in [1.82, 2.24) is 9.97 Å². The maximum atomic E-state index is 4.65. The summed E-state index contributed by atoms with van der Waals surface area (Å²) in [5, 5.41) is 7.95. The third-order valence-electron chi connectivity index (χ3n) is 4.20. The van der Waals surface area contributed by atoms with Gasteiger partial charge in [0.2, 0.25) is 5.95 Å². The van der Waals surface area contributed by atoms with Gasteiger partial charge in [0.1, 0.15) is 10.6 Å². The Labute approximate surface area is 130 Å². The lowest BCUT2D eigenvalue weighted by Gasteiger charge is -2.25. The fourth-order valence-corrected chi connectivity index (χ4v) is 3.66. The van der Waals surface area contributed by atoms with Crippen LogP contribution in [0.15, 0.2) is 6.07 Å². The lowest BCUT2D eigenvalue weighted by molar-refractivity contribution is 0.303. The molecule has 1 fully saturated rings. The van der Waals surface area contributed by atoms with E-state index in [1.54, 1.807) is 11.3 Å². The van der Waals surface area contributed by atoms with E-state index in [0.717, 1.165) is 42.0 Å². The number of aromatic nitrogens is 2. The Hall–Kier alpha value is -1.36. The van der Waals surface area contributed by atoms with Crippen molar-refractivity contribution < 1.29 is 0 Å². The van der Waals surface area contributed by atoms with E-state index in [1.165, 1.54) is 35.9 Å². The molecule has 2 aromatic rings. The number of anilines is 2. The maximum Gasteiger partial charge on any atom is 0.226 e. The quantitative estimate of drug-likeness (QED) is 0.801. The molecule has 0 unspecified atom stereocenters. The van der Waals surface area contributed by atoms with E-state index < -0.39 is 0 Å². The van der Waals surface area contributed by atoms with Crippen molar-refractivity contribution in [1.29, 1.82) is 0 Å². The predicted octanol–water partition coefficient (Wildman–Crippen LogP) is 4.29. The largest absolute Gasteiger partial charge is 0.369 e. The summed E-state index contributed by atoms with van der Waals surface area (Å²) in [5.41, 5.74) is 0. The molecule has 1 aliphatic carbocycles. The predicted molar refractivity (Wildman–Crippen MR) is 91.4 cm³/mol. The van der Waals surface area contributed by atoms with Gasteiger partial charge in [0.25, 0.3) is 0 Å². The molecule has 1 aliphatic rings. The summed E-state index contributed by atoms with van der Waals surface area (Å²) >= 11 is 1.78. The molecule has 0 saturated heterocycles. The highest BCUT2D eigenvalue weighted by Crippen LogP contribution is 2.32. The van der Waals surface area contributed by atoms with Crippen molar-refractivity contribution in [3.05, 3.63) is 10.9 Å². The molecule has 0 amide bonds. The van der Waals surface area contributed by atoms with Crippen molar-refractivity contribution >= 4 is 33.3 Å². The molecule has 0 aliphatic heterocycles. The molecule has 114 valence electrons. The summed E-state index contributed by atoms with van der Waals surface area (Å²) in [6.07, 6.45) is 6.53. The zero-order chi connectivity index (χ0) is 14.7. The minimum absolute atomic E-state index is 0.737. The molecular weight excluding hydrogens is 280 g/mol. The van der Waals surface area contributed by atoms with E-state index in [9.17, 15) is 0 Å². The molecule has 21 heavy (non-hydrogen) atoms. The second-order valence-electron chi connectivity index (χ2n) is 5.72. The molecule has 0 aromatic carbocycles. The zero-order valence-electron chi connectivity index (χ0n) is 12.9. The van der Waals surface area contributed by atoms with E-state index in [4.69, 9.17) is 0 Å². The van der Waals surface area contributed by atoms with Crippen LogP contribution in [0.25, 0.3) is 10.2 Å². The number of rotatable bonds is 7. The van der Waals surface area contributed by atoms with Crippen molar-refractivity contribution in [2.75, 3.05) is 23.7 Å². The van der Waals surface area contributed by atoms with E-state index in [-0.39, 0.29) is 0 Å². The fraction of sp³-hybridized carbons (Fsp3) is 0.625. The molecule has 4 nitrogen and oxygen atoms in total. The first-order valence-corrected chi connectivity index (χ1v) is 8.90. The number of thiophene rings is 1. The molecule has 2 heterocycles. The highest BCUT2D eigenvalue weighted by molar-refractivity contribution is 7.18. The SMILES string of the molecule is CCNc1nc(NCCC2CCC2)c2cc(CC)sc2n1. The van der Waals surface area contributed by atoms with Gasteiger partial charge in [-0.25, -0.2) is 4.98 Å². The van der Waals surface area contributed by atoms with Crippen LogP contribution in [0.5, 0.6) is 0 Å². The summed E-state index contributed by atoms with van der Waals surface area (Å²) in [6, 6.07) is 2.24. The van der Waals surface area contributed by atoms with E-state index in [2.05, 4.69) is 40.5 Å². The van der Waals surface area contributed by atoms with Crippen LogP contribution in [0.4, 0.5) is 11.8 Å². The van der Waals surface area contributed by atoms with Gasteiger partial charge in [0.05, 0.1) is 5.39 Å². The number of fused-ring (bicyclic) bond motifs is 1. The molecule has 1 saturated carbocycles. The number of hydrogen-bond donors (Lipinski definition) is 2. The summed E-state index contributed by atoms with van der Waals surface area (Å²) in [7, 11) is 0. The van der Waals surface area contributed by atoms with Crippen LogP contribution >= 0.6 is 11.3 Å². The molecule has 2 N–H and O–H groups in total. The monoisotopic (exact) mass is 304 g/mol. The smallest absolute Gasteiger partial charge is 0.226 e. The second-order valence-corrected chi connectivity index (χ2v) is 6.84. The number of nitrogens with zero attached hydrogens (tertiary/aromatic N) is 2. The number of hydrogen-bond acceptors (Lipinski definition) is 5. The van der Waals surface area contributed by atoms with Gasteiger partial charge < -0.3 is 10.6 Å². The van der Waals surface area contributed by atoms with Gasteiger partial charge in [-0.2, -0.15) is 4.98 Å². The average Bonchev–Trinajstić information content (AvgIpc) is 2.85. The molecule has 0 bridgehead atoms. The summed E-state index contributed by atoms with van der Waals surface area (Å²) in [6.45, 7) is 6.12. The molecule has 5 heteroatoms. The van der Waals surface area contributed by atoms with Crippen LogP contribution in [0, 0.1) is 5.92 Å². The first-order valence-electron chi connectivity index (χ1n) is 8.08. The maximum absolute atomic E-state index is 4.65. The van der Waals surface area contributed by atoms with Gasteiger partial charge in [0.15, 0.2) is 0 Å². The normalized spacial score (nSPS) is 15.1. The Morgan fingerprint density at radius 2 is 2.10 bits per heavy atom. The fourth-order valence-electron chi connectivity index (χ4n) is 2.69. The second kappa shape index (κ2) is 6.60. The summed E-state index contributed by atoms with van der Waals surface area (Å²) in [4.78, 5) is 11.7. The van der Waals surface area contributed by atoms with Gasteiger partial charge in [-0.05, 0) is 31.7 Å². The van der Waals surface area contributed by atoms with Crippen LogP contribution in [-0.2, 0) is 6.42 Å². The summed E-state index contributed by atoms with van der Waals surface area (Å²) < 4.78 is 0. The first-order chi connectivity index (χ1) is 10.3. The first kappa shape index (κ1) is 14.6. The highest BCUT2D eigenvalue weighted by Gasteiger charge is 2.17. The van der Waals surface area contributed by atoms with Gasteiger partial charge in [-0.1, -0.05) is 26.2 Å². The molecule has 0 spiro atoms. The minimum atomic E-state index is 0.737. The summed E-state index contributed by atoms with van der Waals surface area (Å²) in [5.74, 6) is 2.66. The van der Waals surface area contributed by atoms with Gasteiger partial charge >= 0.3 is 0 Å². The van der Waals surface area contributed by atoms with Crippen LogP contribution in [-0.4, -0.2) is 23.1 Å². The van der Waals surface area contributed by atoms with Crippen LogP contribution in [0.2, 0.25) is 0 Å². The van der Waals surface area contributed by atoms with E-state index in [1.807, 2.05) is 0 Å². The highest BCUT2D eigenvalue weighted by atomic mass is 32.1. The van der Waals surface area contributed by atoms with Crippen molar-refractivity contribution in [3.63, 3.8) is 0 Å². The average molecular weight is 304 g/mol. The van der Waals surface area contributed by atoms with Crippen LogP contribution < -0.4 is 10.6 Å². The Morgan fingerprint density at radius 1 is 1.24 bits per heavy atom. The Bertz CT molecular complexity index is 604. The Balaban J connectivity index is 1.80. The van der Waals surface area contributed by atoms with E-state index >= 15 is 0 Å². The minimum Gasteiger partial charge on any atom is -0.369 e. The van der Waals surface area contributed by atoms with Crippen molar-refractivity contribution in [3.8, 4) is 0 Å². The lowest BCUT2D eigenvalue weighted by Crippen LogP contribution is -2.16. The third kappa shape index (κ3) is 3.28. The number of aryl methyl sites for hydroxylation is 1.